The van der Waals surface area contributed by atoms with Gasteiger partial charge in [0, 0.05) is 27.7 Å². The van der Waals surface area contributed by atoms with E-state index in [0.717, 1.165) is 0 Å². The maximum atomic E-state index is 8.92. The molecule has 0 amide bonds. The van der Waals surface area contributed by atoms with E-state index in [1.807, 2.05) is 0 Å². The molecule has 0 aromatic carbocycles. The van der Waals surface area contributed by atoms with Crippen LogP contribution in [0.15, 0.2) is 0 Å². The second-order valence-electron chi connectivity index (χ2n) is 0.447. The van der Waals surface area contributed by atoms with Gasteiger partial charge in [0.1, 0.15) is 0 Å². The summed E-state index contributed by atoms with van der Waals surface area (Å²) < 4.78 is 0. The Morgan fingerprint density at radius 2 is 1.17 bits per heavy atom. The van der Waals surface area contributed by atoms with Crippen molar-refractivity contribution in [3.63, 3.8) is 0 Å². The monoisotopic (exact) mass is 313 g/mol. The predicted molar refractivity (Wildman–Crippen MR) is 14.3 cm³/mol. The molecule has 0 aromatic heterocycles. The summed E-state index contributed by atoms with van der Waals surface area (Å²) in [6.45, 7) is -4.56. The molecule has 3 nitrogen and oxygen atoms in total. The van der Waals surface area contributed by atoms with Gasteiger partial charge >= 0.3 is 0 Å². The zero-order chi connectivity index (χ0) is 4.50. The second kappa shape index (κ2) is 3.46. The van der Waals surface area contributed by atoms with E-state index in [2.05, 4.69) is 11.8 Å². The summed E-state index contributed by atoms with van der Waals surface area (Å²) in [6, 6.07) is 0. The minimum atomic E-state index is -4.56. The van der Waals surface area contributed by atoms with Crippen LogP contribution in [0.1, 0.15) is 0 Å². The number of hydrogen-bond donors (Lipinski definition) is 0. The van der Waals surface area contributed by atoms with Gasteiger partial charge in [0.05, 0.1) is 0 Å². The minimum Gasteiger partial charge on any atom is -0.844 e. The van der Waals surface area contributed by atoms with Crippen LogP contribution in [0.25, 0.3) is 0 Å². The van der Waals surface area contributed by atoms with E-state index >= 15 is 0 Å². The van der Waals surface area contributed by atoms with Gasteiger partial charge in [-0.05, 0) is 0 Å². The summed E-state index contributed by atoms with van der Waals surface area (Å²) in [5, 5.41) is 0. The van der Waals surface area contributed by atoms with E-state index in [1.54, 1.807) is 0 Å². The van der Waals surface area contributed by atoms with Crippen LogP contribution in [0.3, 0.4) is 0 Å². The van der Waals surface area contributed by atoms with Crippen molar-refractivity contribution < 1.29 is 42.3 Å². The summed E-state index contributed by atoms with van der Waals surface area (Å²) in [6.07, 6.45) is 0. The van der Waals surface area contributed by atoms with Gasteiger partial charge in [-0.3, -0.25) is 0 Å². The van der Waals surface area contributed by atoms with Gasteiger partial charge in [-0.1, -0.05) is 0 Å². The molecule has 0 saturated carbocycles. The Morgan fingerprint density at radius 1 is 1.17 bits per heavy atom. The molecule has 0 radical (unpaired) electrons. The summed E-state index contributed by atoms with van der Waals surface area (Å²) in [7, 11) is 0. The maximum absolute atomic E-state index is 8.92. The molecule has 0 aliphatic rings. The molecule has 0 unspecified atom stereocenters. The van der Waals surface area contributed by atoms with Gasteiger partial charge in [-0.25, -0.2) is 0 Å². The van der Waals surface area contributed by atoms with Crippen LogP contribution in [0.2, 0.25) is 0 Å². The van der Waals surface area contributed by atoms with Crippen molar-refractivity contribution in [3.05, 3.63) is 0 Å². The van der Waals surface area contributed by atoms with Gasteiger partial charge in [-0.2, -0.15) is 11.8 Å². The zero-order valence-corrected chi connectivity index (χ0v) is 10.00. The molecule has 0 aliphatic carbocycles. The molecular formula is HgO3PS-3. The smallest absolute Gasteiger partial charge is 0 e. The van der Waals surface area contributed by atoms with Gasteiger partial charge in [0.15, 0.2) is 0 Å². The Labute approximate surface area is 60.8 Å². The third-order valence-corrected chi connectivity index (χ3v) is 0. The molecule has 0 N–H and O–H groups in total. The molecule has 0 atom stereocenters. The molecule has 0 heterocycles. The van der Waals surface area contributed by atoms with Gasteiger partial charge in [0.2, 0.25) is 0 Å². The summed E-state index contributed by atoms with van der Waals surface area (Å²) in [5.41, 5.74) is 0. The topological polar surface area (TPSA) is 69.2 Å². The third-order valence-electron chi connectivity index (χ3n) is 0. The molecule has 0 aromatic rings. The van der Waals surface area contributed by atoms with Gasteiger partial charge in [0.25, 0.3) is 0 Å². The number of rotatable bonds is 0. The predicted octanol–water partition coefficient (Wildman–Crippen LogP) is -2.71. The Kier molecular flexibility index (Phi) is 6.03. The normalized spacial score (nSPS) is 9.83. The average Bonchev–Trinajstić information content (AvgIpc) is 0.722. The fourth-order valence-corrected chi connectivity index (χ4v) is 0. The van der Waals surface area contributed by atoms with E-state index in [-0.39, 0.29) is 27.7 Å². The van der Waals surface area contributed by atoms with Crippen LogP contribution >= 0.6 is 6.72 Å². The van der Waals surface area contributed by atoms with Crippen LogP contribution in [0, 0.1) is 0 Å². The van der Waals surface area contributed by atoms with Gasteiger partial charge < -0.3 is 21.4 Å². The Balaban J connectivity index is 0. The standard InChI is InChI=1S/Hg.H3O3PS/c;1-4(2,3)5/h;(H3,1,2,3,5)/p-3. The van der Waals surface area contributed by atoms with Crippen molar-refractivity contribution in [1.82, 2.24) is 0 Å². The Bertz CT molecular complexity index is 56.9. The van der Waals surface area contributed by atoms with Crippen molar-refractivity contribution in [2.45, 2.75) is 0 Å². The minimum absolute atomic E-state index is 0. The van der Waals surface area contributed by atoms with Crippen LogP contribution in [-0.2, 0) is 39.5 Å². The molecule has 0 spiro atoms. The van der Waals surface area contributed by atoms with Crippen molar-refractivity contribution >= 4 is 18.5 Å². The van der Waals surface area contributed by atoms with Crippen LogP contribution in [-0.4, -0.2) is 0 Å². The van der Waals surface area contributed by atoms with Crippen molar-refractivity contribution in [3.8, 4) is 0 Å². The Hall–Kier alpha value is 1.47. The molecule has 6 heteroatoms. The first-order valence-corrected chi connectivity index (χ1v) is 3.29. The molecule has 0 saturated heterocycles. The summed E-state index contributed by atoms with van der Waals surface area (Å²) in [4.78, 5) is 26.8. The van der Waals surface area contributed by atoms with Crippen LogP contribution in [0.4, 0.5) is 0 Å². The fourth-order valence-electron chi connectivity index (χ4n) is 0. The average molecular weight is 312 g/mol. The number of hydrogen-bond acceptors (Lipinski definition) is 4. The van der Waals surface area contributed by atoms with Crippen LogP contribution in [0.5, 0.6) is 0 Å². The zero-order valence-electron chi connectivity index (χ0n) is 2.79. The molecule has 6 heavy (non-hydrogen) atoms. The molecular weight excluding hydrogens is 312 g/mol. The first-order valence-electron chi connectivity index (χ1n) is 0.730. The van der Waals surface area contributed by atoms with E-state index < -0.39 is 6.72 Å². The summed E-state index contributed by atoms with van der Waals surface area (Å²) in [5.74, 6) is 0. The van der Waals surface area contributed by atoms with Crippen molar-refractivity contribution in [1.29, 1.82) is 0 Å². The van der Waals surface area contributed by atoms with E-state index in [1.165, 1.54) is 0 Å². The fraction of sp³-hybridized carbons (Fsp3) is 0. The second-order valence-corrected chi connectivity index (χ2v) is 2.68. The Morgan fingerprint density at radius 3 is 1.17 bits per heavy atom. The van der Waals surface area contributed by atoms with Crippen molar-refractivity contribution in [2.24, 2.45) is 0 Å². The quantitative estimate of drug-likeness (QED) is 0.360. The largest absolute Gasteiger partial charge is 0.844 e. The van der Waals surface area contributed by atoms with Crippen molar-refractivity contribution in [2.75, 3.05) is 0 Å². The molecule has 0 bridgehead atoms. The molecule has 0 rings (SSSR count). The first-order chi connectivity index (χ1) is 2.00. The first kappa shape index (κ1) is 10.4. The summed E-state index contributed by atoms with van der Waals surface area (Å²) >= 11 is 3.27. The van der Waals surface area contributed by atoms with Crippen LogP contribution < -0.4 is 14.7 Å². The SMILES string of the molecule is [Hg].[O-]P([O-])([O-])=S. The van der Waals surface area contributed by atoms with E-state index in [0.29, 0.717) is 0 Å². The van der Waals surface area contributed by atoms with Gasteiger partial charge in [-0.15, -0.1) is 0 Å². The maximum Gasteiger partial charge on any atom is 0 e. The van der Waals surface area contributed by atoms with E-state index in [9.17, 15) is 0 Å². The van der Waals surface area contributed by atoms with E-state index in [4.69, 9.17) is 14.7 Å². The molecule has 34 valence electrons. The molecule has 0 fully saturated rings. The third kappa shape index (κ3) is 50.8. The molecule has 0 aliphatic heterocycles.